The number of carbonyl (C=O) groups excluding carboxylic acids is 3. The summed E-state index contributed by atoms with van der Waals surface area (Å²) in [6.45, 7) is 7.58. The lowest BCUT2D eigenvalue weighted by molar-refractivity contribution is -0.161. The molecule has 1 aliphatic heterocycles. The number of esters is 2. The van der Waals surface area contributed by atoms with Crippen molar-refractivity contribution in [2.24, 2.45) is 5.92 Å². The number of hydrogen-bond donors (Lipinski definition) is 1. The van der Waals surface area contributed by atoms with Crippen molar-refractivity contribution in [2.45, 2.75) is 58.3 Å². The number of ether oxygens (including phenoxy) is 2. The van der Waals surface area contributed by atoms with Crippen LogP contribution in [-0.2, 0) is 30.4 Å². The minimum absolute atomic E-state index is 0.191. The normalized spacial score (nSPS) is 22.5. The molecular formula is C21H30N2O5. The molecule has 3 atom stereocenters. The van der Waals surface area contributed by atoms with Crippen LogP contribution < -0.4 is 5.32 Å². The van der Waals surface area contributed by atoms with Crippen LogP contribution in [0.4, 0.5) is 0 Å². The summed E-state index contributed by atoms with van der Waals surface area (Å²) in [5, 5.41) is 2.78. The summed E-state index contributed by atoms with van der Waals surface area (Å²) in [6, 6.07) is 8.74. The largest absolute Gasteiger partial charge is 0.469 e. The molecule has 1 heterocycles. The van der Waals surface area contributed by atoms with Crippen molar-refractivity contribution >= 4 is 17.8 Å². The van der Waals surface area contributed by atoms with Gasteiger partial charge in [-0.25, -0.2) is 0 Å². The van der Waals surface area contributed by atoms with E-state index in [1.807, 2.05) is 56.0 Å². The number of amides is 1. The highest BCUT2D eigenvalue weighted by atomic mass is 16.6. The molecule has 0 bridgehead atoms. The van der Waals surface area contributed by atoms with Crippen LogP contribution in [0, 0.1) is 5.92 Å². The topological polar surface area (TPSA) is 84.9 Å². The molecule has 1 fully saturated rings. The first-order valence-electron chi connectivity index (χ1n) is 9.47. The Morgan fingerprint density at radius 2 is 1.79 bits per heavy atom. The number of rotatable bonds is 6. The number of likely N-dealkylation sites (tertiary alicyclic amines) is 1. The average Bonchev–Trinajstić information content (AvgIpc) is 2.97. The molecule has 154 valence electrons. The molecule has 0 aromatic heterocycles. The highest BCUT2D eigenvalue weighted by Gasteiger charge is 2.49. The number of methoxy groups -OCH3 is 1. The van der Waals surface area contributed by atoms with Crippen molar-refractivity contribution in [3.63, 3.8) is 0 Å². The fourth-order valence-electron chi connectivity index (χ4n) is 3.53. The standard InChI is InChI=1S/C21H30N2O5/c1-14(24)22-12-18-16(19(25)27-5)11-17(20(26)28-21(2,3)4)23(18)13-15-9-7-6-8-10-15/h6-10,16-18H,11-13H2,1-5H3,(H,22,24)/t16-,17-,18+/m1/s1. The Morgan fingerprint density at radius 3 is 2.32 bits per heavy atom. The van der Waals surface area contributed by atoms with Crippen LogP contribution in [0.15, 0.2) is 30.3 Å². The van der Waals surface area contributed by atoms with Gasteiger partial charge in [-0.3, -0.25) is 19.3 Å². The van der Waals surface area contributed by atoms with Gasteiger partial charge in [0.15, 0.2) is 0 Å². The number of carbonyl (C=O) groups is 3. The van der Waals surface area contributed by atoms with Gasteiger partial charge in [-0.05, 0) is 32.8 Å². The van der Waals surface area contributed by atoms with E-state index in [9.17, 15) is 14.4 Å². The van der Waals surface area contributed by atoms with Gasteiger partial charge in [-0.15, -0.1) is 0 Å². The first-order valence-corrected chi connectivity index (χ1v) is 9.47. The zero-order chi connectivity index (χ0) is 20.9. The van der Waals surface area contributed by atoms with Crippen LogP contribution in [0.25, 0.3) is 0 Å². The SMILES string of the molecule is COC(=O)[C@@H]1C[C@H](C(=O)OC(C)(C)C)N(Cc2ccccc2)[C@H]1CNC(C)=O. The predicted molar refractivity (Wildman–Crippen MR) is 104 cm³/mol. The van der Waals surface area contributed by atoms with Crippen molar-refractivity contribution < 1.29 is 23.9 Å². The van der Waals surface area contributed by atoms with Crippen molar-refractivity contribution in [3.05, 3.63) is 35.9 Å². The van der Waals surface area contributed by atoms with Crippen LogP contribution in [0.1, 0.15) is 39.7 Å². The molecular weight excluding hydrogens is 360 g/mol. The van der Waals surface area contributed by atoms with Gasteiger partial charge in [0.05, 0.1) is 13.0 Å². The molecule has 0 spiro atoms. The van der Waals surface area contributed by atoms with E-state index in [0.29, 0.717) is 13.0 Å². The van der Waals surface area contributed by atoms with E-state index >= 15 is 0 Å². The van der Waals surface area contributed by atoms with Gasteiger partial charge in [0.25, 0.3) is 0 Å². The summed E-state index contributed by atoms with van der Waals surface area (Å²) in [5.74, 6) is -1.48. The molecule has 0 unspecified atom stereocenters. The average molecular weight is 390 g/mol. The van der Waals surface area contributed by atoms with E-state index in [2.05, 4.69) is 5.32 Å². The number of benzene rings is 1. The van der Waals surface area contributed by atoms with Gasteiger partial charge in [0, 0.05) is 26.1 Å². The first-order chi connectivity index (χ1) is 13.1. The summed E-state index contributed by atoms with van der Waals surface area (Å²) in [6.07, 6.45) is 0.290. The van der Waals surface area contributed by atoms with Crippen molar-refractivity contribution in [1.82, 2.24) is 10.2 Å². The van der Waals surface area contributed by atoms with Crippen molar-refractivity contribution in [1.29, 1.82) is 0 Å². The van der Waals surface area contributed by atoms with E-state index in [0.717, 1.165) is 5.56 Å². The zero-order valence-electron chi connectivity index (χ0n) is 17.2. The second kappa shape index (κ2) is 9.19. The smallest absolute Gasteiger partial charge is 0.323 e. The van der Waals surface area contributed by atoms with Gasteiger partial charge in [0.2, 0.25) is 5.91 Å². The minimum atomic E-state index is -0.633. The van der Waals surface area contributed by atoms with Crippen LogP contribution in [0.3, 0.4) is 0 Å². The molecule has 1 N–H and O–H groups in total. The first kappa shape index (κ1) is 21.9. The summed E-state index contributed by atoms with van der Waals surface area (Å²) < 4.78 is 10.6. The van der Waals surface area contributed by atoms with Crippen LogP contribution in [0.5, 0.6) is 0 Å². The van der Waals surface area contributed by atoms with E-state index < -0.39 is 17.6 Å². The summed E-state index contributed by atoms with van der Waals surface area (Å²) in [5.41, 5.74) is 0.376. The third-order valence-electron chi connectivity index (χ3n) is 4.72. The van der Waals surface area contributed by atoms with Crippen LogP contribution >= 0.6 is 0 Å². The summed E-state index contributed by atoms with van der Waals surface area (Å²) >= 11 is 0. The molecule has 1 saturated heterocycles. The molecule has 1 aliphatic rings. The molecule has 2 rings (SSSR count). The highest BCUT2D eigenvalue weighted by Crippen LogP contribution is 2.34. The van der Waals surface area contributed by atoms with Gasteiger partial charge in [-0.1, -0.05) is 30.3 Å². The van der Waals surface area contributed by atoms with Gasteiger partial charge in [-0.2, -0.15) is 0 Å². The Morgan fingerprint density at radius 1 is 1.14 bits per heavy atom. The Hall–Kier alpha value is -2.41. The molecule has 7 heteroatoms. The van der Waals surface area contributed by atoms with Crippen LogP contribution in [-0.4, -0.2) is 54.1 Å². The molecule has 1 aromatic rings. The number of hydrogen-bond acceptors (Lipinski definition) is 6. The van der Waals surface area contributed by atoms with Gasteiger partial charge < -0.3 is 14.8 Å². The summed E-state index contributed by atoms with van der Waals surface area (Å²) in [7, 11) is 1.33. The van der Waals surface area contributed by atoms with Crippen LogP contribution in [0.2, 0.25) is 0 Å². The maximum atomic E-state index is 12.9. The molecule has 0 saturated carbocycles. The minimum Gasteiger partial charge on any atom is -0.469 e. The van der Waals surface area contributed by atoms with E-state index in [1.165, 1.54) is 14.0 Å². The van der Waals surface area contributed by atoms with Gasteiger partial charge >= 0.3 is 11.9 Å². The zero-order valence-corrected chi connectivity index (χ0v) is 17.2. The monoisotopic (exact) mass is 390 g/mol. The molecule has 7 nitrogen and oxygen atoms in total. The lowest BCUT2D eigenvalue weighted by Gasteiger charge is -2.31. The Labute approximate surface area is 166 Å². The van der Waals surface area contributed by atoms with Crippen molar-refractivity contribution in [3.8, 4) is 0 Å². The molecule has 1 aromatic carbocycles. The quantitative estimate of drug-likeness (QED) is 0.747. The highest BCUT2D eigenvalue weighted by molar-refractivity contribution is 5.81. The lowest BCUT2D eigenvalue weighted by atomic mass is 9.98. The molecule has 28 heavy (non-hydrogen) atoms. The van der Waals surface area contributed by atoms with Gasteiger partial charge in [0.1, 0.15) is 11.6 Å². The fraction of sp³-hybridized carbons (Fsp3) is 0.571. The van der Waals surface area contributed by atoms with E-state index in [-0.39, 0.29) is 30.4 Å². The van der Waals surface area contributed by atoms with E-state index in [1.54, 1.807) is 0 Å². The molecule has 0 radical (unpaired) electrons. The fourth-order valence-corrected chi connectivity index (χ4v) is 3.53. The summed E-state index contributed by atoms with van der Waals surface area (Å²) in [4.78, 5) is 38.7. The third-order valence-corrected chi connectivity index (χ3v) is 4.72. The van der Waals surface area contributed by atoms with E-state index in [4.69, 9.17) is 9.47 Å². The Balaban J connectivity index is 2.35. The Kier molecular flexibility index (Phi) is 7.18. The molecule has 1 amide bonds. The Bertz CT molecular complexity index is 698. The third kappa shape index (κ3) is 5.79. The van der Waals surface area contributed by atoms with Crippen molar-refractivity contribution in [2.75, 3.05) is 13.7 Å². The number of nitrogens with zero attached hydrogens (tertiary/aromatic N) is 1. The molecule has 0 aliphatic carbocycles. The second-order valence-corrected chi connectivity index (χ2v) is 8.08. The maximum Gasteiger partial charge on any atom is 0.323 e. The maximum absolute atomic E-state index is 12.9. The predicted octanol–water partition coefficient (Wildman–Crippen LogP) is 1.90. The lowest BCUT2D eigenvalue weighted by Crippen LogP contribution is -2.48. The number of nitrogens with one attached hydrogen (secondary N) is 1. The second-order valence-electron chi connectivity index (χ2n) is 8.08.